The summed E-state index contributed by atoms with van der Waals surface area (Å²) >= 11 is 0. The van der Waals surface area contributed by atoms with Gasteiger partial charge in [-0.15, -0.1) is 0 Å². The summed E-state index contributed by atoms with van der Waals surface area (Å²) in [5.74, 6) is 0. The number of rotatable bonds is 12. The van der Waals surface area contributed by atoms with Gasteiger partial charge in [0.05, 0.1) is 78.7 Å². The number of aryl methyl sites for hydroxylation is 6. The summed E-state index contributed by atoms with van der Waals surface area (Å²) in [6, 6.07) is 38.1. The summed E-state index contributed by atoms with van der Waals surface area (Å²) in [6.07, 6.45) is 21.7. The first kappa shape index (κ1) is 75.5. The molecule has 8 aromatic heterocycles. The van der Waals surface area contributed by atoms with Gasteiger partial charge in [-0.1, -0.05) is 46.5 Å². The van der Waals surface area contributed by atoms with E-state index in [4.69, 9.17) is 0 Å². The molecule has 0 radical (unpaired) electrons. The smallest absolute Gasteiger partial charge is 0.160 e. The van der Waals surface area contributed by atoms with Gasteiger partial charge in [0, 0.05) is 160 Å². The molecule has 4 aromatic carbocycles. The molecule has 0 bridgehead atoms. The number of pyridine rings is 4. The van der Waals surface area contributed by atoms with E-state index in [2.05, 4.69) is 155 Å². The lowest BCUT2D eigenvalue weighted by Gasteiger charge is -2.39. The molecular weight excluding hydrogens is 1420 g/mol. The van der Waals surface area contributed by atoms with Crippen LogP contribution in [-0.2, 0) is 42.9 Å². The number of alkyl halides is 3. The molecule has 1 spiro atoms. The van der Waals surface area contributed by atoms with Crippen LogP contribution in [0.1, 0.15) is 233 Å². The van der Waals surface area contributed by atoms with Crippen molar-refractivity contribution in [2.45, 2.75) is 217 Å². The van der Waals surface area contributed by atoms with E-state index >= 15 is 13.2 Å². The molecule has 588 valence electrons. The number of hydrogen-bond donors (Lipinski definition) is 4. The van der Waals surface area contributed by atoms with Crippen LogP contribution in [-0.4, -0.2) is 131 Å². The van der Waals surface area contributed by atoms with E-state index in [0.717, 1.165) is 158 Å². The van der Waals surface area contributed by atoms with Crippen LogP contribution in [0.15, 0.2) is 159 Å². The molecule has 1 aliphatic carbocycles. The number of hydrogen-bond acceptors (Lipinski definition) is 12. The highest BCUT2D eigenvalue weighted by atomic mass is 19.1. The average Bonchev–Trinajstić information content (AvgIpc) is 1.52. The second kappa shape index (κ2) is 29.7. The molecule has 5 fully saturated rings. The van der Waals surface area contributed by atoms with Crippen molar-refractivity contribution in [2.24, 2.45) is 0 Å². The molecule has 16 nitrogen and oxygen atoms in total. The van der Waals surface area contributed by atoms with Gasteiger partial charge in [-0.3, -0.25) is 39.5 Å². The van der Waals surface area contributed by atoms with Crippen molar-refractivity contribution < 1.29 is 33.6 Å². The minimum atomic E-state index is -1.45. The third kappa shape index (κ3) is 13.5. The Hall–Kier alpha value is -8.89. The predicted molar refractivity (Wildman–Crippen MR) is 439 cm³/mol. The minimum absolute atomic E-state index is 0.275. The highest BCUT2D eigenvalue weighted by Gasteiger charge is 2.56. The fraction of sp³-hybridized carbons (Fsp3) is 0.447. The highest BCUT2D eigenvalue weighted by Crippen LogP contribution is 2.60. The Morgan fingerprint density at radius 1 is 0.389 bits per heavy atom. The lowest BCUT2D eigenvalue weighted by molar-refractivity contribution is 0.0669. The van der Waals surface area contributed by atoms with Crippen molar-refractivity contribution in [1.82, 2.24) is 57.8 Å². The Kier molecular flexibility index (Phi) is 19.9. The Morgan fingerprint density at radius 3 is 1.16 bits per heavy atom. The summed E-state index contributed by atoms with van der Waals surface area (Å²) in [7, 11) is 0. The Balaban J connectivity index is 0.000000105. The van der Waals surface area contributed by atoms with Gasteiger partial charge in [-0.2, -0.15) is 0 Å². The number of aliphatic hydroxyl groups is 4. The van der Waals surface area contributed by atoms with Crippen LogP contribution in [0.25, 0.3) is 43.6 Å². The molecule has 4 saturated heterocycles. The summed E-state index contributed by atoms with van der Waals surface area (Å²) in [6.45, 7) is 24.3. The maximum absolute atomic E-state index is 16.1. The molecular formula is C94H107F3N12O4. The number of halogens is 3. The topological polar surface area (TPSA) is 165 Å². The van der Waals surface area contributed by atoms with Crippen LogP contribution in [0.3, 0.4) is 0 Å². The lowest BCUT2D eigenvalue weighted by atomic mass is 9.87. The second-order valence-corrected chi connectivity index (χ2v) is 34.9. The number of benzene rings is 4. The van der Waals surface area contributed by atoms with Crippen LogP contribution in [0, 0.1) is 41.5 Å². The van der Waals surface area contributed by atoms with Gasteiger partial charge in [-0.25, -0.2) is 13.2 Å². The van der Waals surface area contributed by atoms with E-state index < -0.39 is 41.9 Å². The molecule has 12 aromatic rings. The zero-order valence-electron chi connectivity index (χ0n) is 66.6. The Bertz CT molecular complexity index is 5380. The summed E-state index contributed by atoms with van der Waals surface area (Å²) in [5.41, 5.74) is 21.2. The SMILES string of the molecule is Cc1cc(C)c2c(c1)c1c(n2CC(O)c2ccncc2)C(C)(F)CN2CCCC12.Cc1cc(C)c2c(c1)c1c(n2CC(O)c2ccncc2)C(F)CN2CCCC12.Cc1ccc2c(c1)c1c(n2CC(O)c2ccncc2)C(C)(F)CN2CCCC12.Cc1ccc2c(c1)c1c(n2CC(O)c2ccncc2)C2(CC2)CN2CCCC12. The first-order chi connectivity index (χ1) is 54.5. The molecule has 9 aliphatic rings. The Morgan fingerprint density at radius 2 is 0.726 bits per heavy atom. The van der Waals surface area contributed by atoms with Crippen LogP contribution in [0.4, 0.5) is 13.2 Å². The van der Waals surface area contributed by atoms with Crippen molar-refractivity contribution in [2.75, 3.05) is 52.4 Å². The van der Waals surface area contributed by atoms with Gasteiger partial charge in [-0.05, 0) is 270 Å². The molecule has 0 amide bonds. The van der Waals surface area contributed by atoms with E-state index in [1.807, 2.05) is 53.1 Å². The largest absolute Gasteiger partial charge is 0.387 e. The fourth-order valence-electron chi connectivity index (χ4n) is 22.0. The lowest BCUT2D eigenvalue weighted by Crippen LogP contribution is -2.42. The molecule has 1 saturated carbocycles. The van der Waals surface area contributed by atoms with Crippen LogP contribution in [0.5, 0.6) is 0 Å². The van der Waals surface area contributed by atoms with E-state index in [0.29, 0.717) is 63.3 Å². The standard InChI is InChI=1S/C24H28FN3O.C24H27N3O.2C23H26FN3O/c1-15-11-16(2)22-18(12-15)21-19-5-4-10-27(19)14-24(3,25)23(21)28(22)13-20(29)17-6-8-26-9-7-17;1-16-4-5-19-18(13-16)22-20-3-2-12-26(20)15-24(8-9-24)23(22)27(19)14-21(28)17-6-10-25-11-7-17;1-14-10-15(2)22-17(11-14)21-19-4-3-9-26(19)12-18(24)23(21)27(22)13-20(28)16-5-7-25-8-6-16;1-15-5-6-18-17(12-15)21-19-4-3-11-26(19)14-23(2,24)22(21)27(18)13-20(28)16-7-9-25-10-8-16/h6-9,11-12,19-20,29H,4-5,10,13-14H2,1-3H3;4-7,10-11,13,20-21,28H,2-3,8-9,12,14-15H2,1H3;5-8,10-11,18-20,28H,3-4,9,12-13H2,1-2H3;5-10,12,19-20,28H,3-4,11,13-14H2,1-2H3. The van der Waals surface area contributed by atoms with Gasteiger partial charge in [0.15, 0.2) is 17.5 Å². The normalized spacial score (nSPS) is 24.4. The maximum Gasteiger partial charge on any atom is 0.160 e. The zero-order valence-corrected chi connectivity index (χ0v) is 66.6. The van der Waals surface area contributed by atoms with Crippen molar-refractivity contribution >= 4 is 43.6 Å². The third-order valence-corrected chi connectivity index (χ3v) is 26.7. The van der Waals surface area contributed by atoms with Gasteiger partial charge in [0.1, 0.15) is 0 Å². The molecule has 19 heteroatoms. The van der Waals surface area contributed by atoms with E-state index in [-0.39, 0.29) is 12.1 Å². The molecule has 113 heavy (non-hydrogen) atoms. The van der Waals surface area contributed by atoms with Gasteiger partial charge in [0.2, 0.25) is 0 Å². The summed E-state index contributed by atoms with van der Waals surface area (Å²) in [4.78, 5) is 25.9. The van der Waals surface area contributed by atoms with Crippen LogP contribution < -0.4 is 0 Å². The predicted octanol–water partition coefficient (Wildman–Crippen LogP) is 17.9. The number of aliphatic hydroxyl groups excluding tert-OH is 4. The monoisotopic (exact) mass is 1520 g/mol. The zero-order chi connectivity index (χ0) is 78.1. The highest BCUT2D eigenvalue weighted by molar-refractivity contribution is 5.92. The summed E-state index contributed by atoms with van der Waals surface area (Å²) < 4.78 is 56.2. The maximum atomic E-state index is 16.1. The van der Waals surface area contributed by atoms with Crippen LogP contribution >= 0.6 is 0 Å². The Labute approximate surface area is 660 Å². The fourth-order valence-corrected chi connectivity index (χ4v) is 22.0. The molecule has 4 N–H and O–H groups in total. The van der Waals surface area contributed by atoms with Gasteiger partial charge >= 0.3 is 0 Å². The van der Waals surface area contributed by atoms with Crippen LogP contribution in [0.2, 0.25) is 0 Å². The third-order valence-electron chi connectivity index (χ3n) is 26.7. The molecule has 11 atom stereocenters. The molecule has 8 aliphatic heterocycles. The first-order valence-electron chi connectivity index (χ1n) is 41.4. The van der Waals surface area contributed by atoms with E-state index in [9.17, 15) is 20.4 Å². The molecule has 16 heterocycles. The quantitative estimate of drug-likeness (QED) is 0.0916. The average molecular weight is 1530 g/mol. The molecule has 21 rings (SSSR count). The van der Waals surface area contributed by atoms with E-state index in [1.54, 1.807) is 69.0 Å². The second-order valence-electron chi connectivity index (χ2n) is 34.9. The number of aromatic nitrogens is 8. The van der Waals surface area contributed by atoms with Crippen molar-refractivity contribution in [1.29, 1.82) is 0 Å². The van der Waals surface area contributed by atoms with Crippen molar-refractivity contribution in [3.05, 3.63) is 259 Å². The first-order valence-corrected chi connectivity index (χ1v) is 41.4. The van der Waals surface area contributed by atoms with Gasteiger partial charge in [0.25, 0.3) is 0 Å². The van der Waals surface area contributed by atoms with E-state index in [1.165, 1.54) is 77.6 Å². The van der Waals surface area contributed by atoms with Crippen molar-refractivity contribution in [3.63, 3.8) is 0 Å². The number of nitrogens with zero attached hydrogens (tertiary/aromatic N) is 12. The van der Waals surface area contributed by atoms with Gasteiger partial charge < -0.3 is 38.7 Å². The minimum Gasteiger partial charge on any atom is -0.387 e. The summed E-state index contributed by atoms with van der Waals surface area (Å²) in [5, 5.41) is 48.6. The molecule has 11 unspecified atom stereocenters. The number of fused-ring (bicyclic) bond motifs is 21. The van der Waals surface area contributed by atoms with Crippen molar-refractivity contribution in [3.8, 4) is 0 Å².